The average molecular weight is 701 g/mol. The van der Waals surface area contributed by atoms with E-state index in [1.807, 2.05) is 36.9 Å². The van der Waals surface area contributed by atoms with E-state index in [1.54, 1.807) is 0 Å². The minimum absolute atomic E-state index is 0.868. The zero-order chi connectivity index (χ0) is 35.8. The number of fused-ring (bicyclic) bond motifs is 3. The Hall–Kier alpha value is -7.50. The maximum atomic E-state index is 6.55. The molecule has 55 heavy (non-hydrogen) atoms. The third kappa shape index (κ3) is 3.96. The quantitative estimate of drug-likeness (QED) is 0.172. The van der Waals surface area contributed by atoms with Crippen molar-refractivity contribution in [2.24, 2.45) is 0 Å². The summed E-state index contributed by atoms with van der Waals surface area (Å²) in [5.74, 6) is 0. The maximum Gasteiger partial charge on any atom is 0.135 e. The Morgan fingerprint density at radius 2 is 0.836 bits per heavy atom. The number of hydrogen-bond donors (Lipinski definition) is 0. The lowest BCUT2D eigenvalue weighted by Gasteiger charge is -2.11. The number of hydrogen-bond acceptors (Lipinski definition) is 3. The molecular formula is C50H28N4O. The van der Waals surface area contributed by atoms with Gasteiger partial charge in [-0.05, 0) is 118 Å². The lowest BCUT2D eigenvalue weighted by Crippen LogP contribution is -1.94. The van der Waals surface area contributed by atoms with E-state index in [9.17, 15) is 0 Å². The van der Waals surface area contributed by atoms with Crippen LogP contribution in [0.15, 0.2) is 175 Å². The molecule has 5 heterocycles. The number of pyridine rings is 2. The Morgan fingerprint density at radius 3 is 1.31 bits per heavy atom. The van der Waals surface area contributed by atoms with Crippen LogP contribution in [0.25, 0.3) is 121 Å². The molecule has 0 aliphatic carbocycles. The molecule has 0 aliphatic heterocycles. The molecular weight excluding hydrogens is 673 g/mol. The summed E-state index contributed by atoms with van der Waals surface area (Å²) in [6.07, 6.45) is 7.54. The van der Waals surface area contributed by atoms with Gasteiger partial charge in [0.05, 0.1) is 22.1 Å². The van der Waals surface area contributed by atoms with Crippen LogP contribution in [-0.4, -0.2) is 19.1 Å². The summed E-state index contributed by atoms with van der Waals surface area (Å²) in [6, 6.07) is 53.0. The fraction of sp³-hybridized carbons (Fsp3) is 0. The second kappa shape index (κ2) is 10.6. The van der Waals surface area contributed by atoms with E-state index in [0.29, 0.717) is 0 Å². The number of aromatic nitrogens is 4. The van der Waals surface area contributed by atoms with Gasteiger partial charge in [0.2, 0.25) is 0 Å². The lowest BCUT2D eigenvalue weighted by atomic mass is 9.98. The third-order valence-corrected chi connectivity index (χ3v) is 11.7. The SMILES string of the molecule is c1cncc(-c2cc3ccc4cccc5c4c3c(c2)n5-c2ccc3oc4ccc(-n5c6cccc7ccc8cc(-c9cccnc9)cc5c8c76)cc4c3c2)c1. The summed E-state index contributed by atoms with van der Waals surface area (Å²) in [5.41, 5.74) is 13.2. The van der Waals surface area contributed by atoms with Crippen molar-refractivity contribution in [1.82, 2.24) is 19.1 Å². The largest absolute Gasteiger partial charge is 0.456 e. The molecule has 0 atom stereocenters. The molecule has 0 amide bonds. The molecule has 0 unspecified atom stereocenters. The van der Waals surface area contributed by atoms with E-state index in [2.05, 4.69) is 153 Å². The molecule has 0 fully saturated rings. The highest BCUT2D eigenvalue weighted by molar-refractivity contribution is 6.26. The van der Waals surface area contributed by atoms with Crippen LogP contribution in [0.2, 0.25) is 0 Å². The van der Waals surface area contributed by atoms with Crippen LogP contribution in [0.4, 0.5) is 0 Å². The predicted molar refractivity (Wildman–Crippen MR) is 226 cm³/mol. The first kappa shape index (κ1) is 29.0. The van der Waals surface area contributed by atoms with Crippen molar-refractivity contribution in [3.8, 4) is 33.6 Å². The van der Waals surface area contributed by atoms with Crippen molar-refractivity contribution in [1.29, 1.82) is 0 Å². The highest BCUT2D eigenvalue weighted by atomic mass is 16.3. The Labute approximate surface area is 313 Å². The second-order valence-electron chi connectivity index (χ2n) is 14.7. The van der Waals surface area contributed by atoms with Crippen LogP contribution in [0.3, 0.4) is 0 Å². The number of rotatable bonds is 4. The summed E-state index contributed by atoms with van der Waals surface area (Å²) in [6.45, 7) is 0. The van der Waals surface area contributed by atoms with E-state index in [1.165, 1.54) is 65.2 Å². The molecule has 5 aromatic heterocycles. The normalized spacial score (nSPS) is 12.4. The van der Waals surface area contributed by atoms with Gasteiger partial charge in [-0.15, -0.1) is 0 Å². The molecule has 0 spiro atoms. The first-order valence-corrected chi connectivity index (χ1v) is 18.6. The molecule has 0 N–H and O–H groups in total. The first-order chi connectivity index (χ1) is 27.2. The monoisotopic (exact) mass is 700 g/mol. The van der Waals surface area contributed by atoms with Gasteiger partial charge in [0.15, 0.2) is 0 Å². The minimum Gasteiger partial charge on any atom is -0.456 e. The third-order valence-electron chi connectivity index (χ3n) is 11.7. The zero-order valence-electron chi connectivity index (χ0n) is 29.4. The van der Waals surface area contributed by atoms with Crippen molar-refractivity contribution in [2.75, 3.05) is 0 Å². The first-order valence-electron chi connectivity index (χ1n) is 18.6. The lowest BCUT2D eigenvalue weighted by molar-refractivity contribution is 0.669. The summed E-state index contributed by atoms with van der Waals surface area (Å²) >= 11 is 0. The van der Waals surface area contributed by atoms with Crippen LogP contribution < -0.4 is 0 Å². The highest BCUT2D eigenvalue weighted by Crippen LogP contribution is 2.44. The molecule has 5 heteroatoms. The fourth-order valence-corrected chi connectivity index (χ4v) is 9.37. The van der Waals surface area contributed by atoms with Gasteiger partial charge in [0.25, 0.3) is 0 Å². The number of benzene rings is 8. The Morgan fingerprint density at radius 1 is 0.364 bits per heavy atom. The van der Waals surface area contributed by atoms with Crippen molar-refractivity contribution in [3.05, 3.63) is 170 Å². The van der Waals surface area contributed by atoms with Crippen LogP contribution in [0.1, 0.15) is 0 Å². The summed E-state index contributed by atoms with van der Waals surface area (Å²) in [4.78, 5) is 8.87. The van der Waals surface area contributed by atoms with Gasteiger partial charge in [-0.25, -0.2) is 0 Å². The summed E-state index contributed by atoms with van der Waals surface area (Å²) in [7, 11) is 0. The molecule has 0 aliphatic rings. The van der Waals surface area contributed by atoms with E-state index < -0.39 is 0 Å². The highest BCUT2D eigenvalue weighted by Gasteiger charge is 2.21. The minimum atomic E-state index is 0.868. The van der Waals surface area contributed by atoms with Crippen molar-refractivity contribution in [3.63, 3.8) is 0 Å². The van der Waals surface area contributed by atoms with Crippen LogP contribution >= 0.6 is 0 Å². The van der Waals surface area contributed by atoms with E-state index in [-0.39, 0.29) is 0 Å². The smallest absolute Gasteiger partial charge is 0.135 e. The zero-order valence-corrected chi connectivity index (χ0v) is 29.4. The molecule has 8 aromatic carbocycles. The topological polar surface area (TPSA) is 48.8 Å². The van der Waals surface area contributed by atoms with Crippen molar-refractivity contribution < 1.29 is 4.42 Å². The molecule has 5 nitrogen and oxygen atoms in total. The van der Waals surface area contributed by atoms with Gasteiger partial charge in [0.1, 0.15) is 11.2 Å². The van der Waals surface area contributed by atoms with Crippen LogP contribution in [0, 0.1) is 0 Å². The van der Waals surface area contributed by atoms with Gasteiger partial charge in [0, 0.05) is 79.6 Å². The molecule has 13 aromatic rings. The number of furan rings is 1. The Balaban J connectivity index is 1.07. The molecule has 13 rings (SSSR count). The maximum absolute atomic E-state index is 6.55. The van der Waals surface area contributed by atoms with Crippen LogP contribution in [0.5, 0.6) is 0 Å². The average Bonchev–Trinajstić information content (AvgIpc) is 3.90. The molecule has 0 radical (unpaired) electrons. The summed E-state index contributed by atoms with van der Waals surface area (Å²) in [5, 5.41) is 12.2. The fourth-order valence-electron chi connectivity index (χ4n) is 9.37. The molecule has 0 bridgehead atoms. The van der Waals surface area contributed by atoms with Gasteiger partial charge in [-0.3, -0.25) is 9.97 Å². The van der Waals surface area contributed by atoms with E-state index in [4.69, 9.17) is 4.42 Å². The van der Waals surface area contributed by atoms with E-state index in [0.717, 1.165) is 55.6 Å². The van der Waals surface area contributed by atoms with Crippen molar-refractivity contribution >= 4 is 87.1 Å². The number of nitrogens with zero attached hydrogens (tertiary/aromatic N) is 4. The Bertz CT molecular complexity index is 3410. The van der Waals surface area contributed by atoms with Gasteiger partial charge in [-0.1, -0.05) is 60.7 Å². The Kier molecular flexibility index (Phi) is 5.57. The van der Waals surface area contributed by atoms with Crippen molar-refractivity contribution in [2.45, 2.75) is 0 Å². The molecule has 0 saturated carbocycles. The second-order valence-corrected chi connectivity index (χ2v) is 14.7. The van der Waals surface area contributed by atoms with Crippen LogP contribution in [-0.2, 0) is 0 Å². The van der Waals surface area contributed by atoms with Gasteiger partial charge < -0.3 is 13.6 Å². The molecule has 254 valence electrons. The van der Waals surface area contributed by atoms with E-state index >= 15 is 0 Å². The summed E-state index contributed by atoms with van der Waals surface area (Å²) < 4.78 is 11.4. The standard InChI is InChI=1S/C50H28N4O/c1-5-29-11-13-31-21-35(33-7-3-19-51-27-33)23-43-49(31)47(29)41(9-1)53(43)37-15-17-45-39(25-37)40-26-38(16-18-46(40)55-45)54-42-10-2-6-30-12-14-32-22-36(34-8-4-20-52-28-34)24-44(54)50(32)48(30)42/h1-28H. The van der Waals surface area contributed by atoms with Gasteiger partial charge in [-0.2, -0.15) is 0 Å². The van der Waals surface area contributed by atoms with Gasteiger partial charge >= 0.3 is 0 Å². The predicted octanol–water partition coefficient (Wildman–Crippen LogP) is 13.1. The molecule has 0 saturated heterocycles.